The zero-order valence-corrected chi connectivity index (χ0v) is 9.52. The molecule has 0 spiro atoms. The van der Waals surface area contributed by atoms with Gasteiger partial charge >= 0.3 is 17.8 Å². The molecule has 2 rings (SSSR count). The molecule has 0 aliphatic heterocycles. The Labute approximate surface area is 104 Å². The number of amides is 1. The number of nitrogens with one attached hydrogen (secondary N) is 1. The van der Waals surface area contributed by atoms with E-state index in [2.05, 4.69) is 4.98 Å². The second-order valence-electron chi connectivity index (χ2n) is 3.26. The molecule has 8 heteroatoms. The molecule has 18 heavy (non-hydrogen) atoms. The normalized spacial score (nSPS) is 10.2. The van der Waals surface area contributed by atoms with Crippen molar-refractivity contribution >= 4 is 45.1 Å². The fourth-order valence-electron chi connectivity index (χ4n) is 1.33. The molecular formula is C10H6N2O5S. The van der Waals surface area contributed by atoms with Gasteiger partial charge in [0, 0.05) is 5.39 Å². The number of aromatic nitrogens is 1. The summed E-state index contributed by atoms with van der Waals surface area (Å²) in [6.07, 6.45) is 0. The molecule has 2 aromatic rings. The number of fused-ring (bicyclic) bond motifs is 1. The van der Waals surface area contributed by atoms with Crippen LogP contribution >= 0.6 is 11.3 Å². The maximum atomic E-state index is 11.0. The number of carbonyl (C=O) groups excluding carboxylic acids is 1. The molecule has 92 valence electrons. The van der Waals surface area contributed by atoms with Gasteiger partial charge in [0.2, 0.25) is 0 Å². The van der Waals surface area contributed by atoms with E-state index in [0.29, 0.717) is 10.2 Å². The van der Waals surface area contributed by atoms with Crippen LogP contribution in [0.5, 0.6) is 0 Å². The molecule has 2 aromatic heterocycles. The molecule has 0 bridgehead atoms. The first-order chi connectivity index (χ1) is 8.49. The highest BCUT2D eigenvalue weighted by molar-refractivity contribution is 7.16. The van der Waals surface area contributed by atoms with E-state index in [0.717, 1.165) is 0 Å². The van der Waals surface area contributed by atoms with Crippen molar-refractivity contribution in [2.75, 3.05) is 5.32 Å². The van der Waals surface area contributed by atoms with Gasteiger partial charge in [0.1, 0.15) is 4.83 Å². The first kappa shape index (κ1) is 12.0. The van der Waals surface area contributed by atoms with Crippen molar-refractivity contribution < 1.29 is 24.6 Å². The molecule has 0 aliphatic carbocycles. The standard InChI is InChI=1S/C10H6N2O5S/c13-7(10(16)17)11-5-3-4-1-2-18-8(4)12-6(5)9(14)15/h1-3H,(H,11,13)(H,14,15)(H,16,17). The van der Waals surface area contributed by atoms with E-state index < -0.39 is 17.8 Å². The van der Waals surface area contributed by atoms with Crippen LogP contribution in [0.15, 0.2) is 17.5 Å². The largest absolute Gasteiger partial charge is 0.476 e. The minimum Gasteiger partial charge on any atom is -0.476 e. The topological polar surface area (TPSA) is 117 Å². The van der Waals surface area contributed by atoms with Gasteiger partial charge in [-0.2, -0.15) is 0 Å². The lowest BCUT2D eigenvalue weighted by atomic mass is 10.2. The average molecular weight is 266 g/mol. The Kier molecular flexibility index (Phi) is 2.94. The maximum Gasteiger partial charge on any atom is 0.394 e. The van der Waals surface area contributed by atoms with E-state index in [1.54, 1.807) is 11.4 Å². The highest BCUT2D eigenvalue weighted by Gasteiger charge is 2.19. The Balaban J connectivity index is 2.52. The number of carbonyl (C=O) groups is 3. The molecule has 0 saturated carbocycles. The molecule has 0 radical (unpaired) electrons. The number of hydrogen-bond acceptors (Lipinski definition) is 5. The van der Waals surface area contributed by atoms with Crippen molar-refractivity contribution in [3.8, 4) is 0 Å². The predicted octanol–water partition coefficient (Wildman–Crippen LogP) is 1.02. The van der Waals surface area contributed by atoms with Crippen molar-refractivity contribution in [3.05, 3.63) is 23.2 Å². The molecule has 0 fully saturated rings. The van der Waals surface area contributed by atoms with Gasteiger partial charge in [0.25, 0.3) is 0 Å². The molecule has 1 amide bonds. The van der Waals surface area contributed by atoms with Crippen LogP contribution in [0.25, 0.3) is 10.2 Å². The second kappa shape index (κ2) is 4.41. The molecular weight excluding hydrogens is 260 g/mol. The van der Waals surface area contributed by atoms with Gasteiger partial charge in [0.15, 0.2) is 5.69 Å². The van der Waals surface area contributed by atoms with Gasteiger partial charge in [-0.3, -0.25) is 4.79 Å². The lowest BCUT2D eigenvalue weighted by molar-refractivity contribution is -0.147. The molecule has 0 saturated heterocycles. The van der Waals surface area contributed by atoms with E-state index in [4.69, 9.17) is 10.2 Å². The fourth-order valence-corrected chi connectivity index (χ4v) is 2.08. The van der Waals surface area contributed by atoms with Gasteiger partial charge in [0.05, 0.1) is 5.69 Å². The summed E-state index contributed by atoms with van der Waals surface area (Å²) >= 11 is 1.25. The average Bonchev–Trinajstić information content (AvgIpc) is 2.74. The van der Waals surface area contributed by atoms with Crippen molar-refractivity contribution in [2.45, 2.75) is 0 Å². The molecule has 0 atom stereocenters. The number of rotatable bonds is 2. The lowest BCUT2D eigenvalue weighted by Gasteiger charge is -2.05. The Morgan fingerprint density at radius 1 is 1.28 bits per heavy atom. The van der Waals surface area contributed by atoms with E-state index in [-0.39, 0.29) is 11.4 Å². The van der Waals surface area contributed by atoms with Gasteiger partial charge < -0.3 is 15.5 Å². The number of aliphatic carboxylic acids is 1. The van der Waals surface area contributed by atoms with Crippen LogP contribution in [0, 0.1) is 0 Å². The SMILES string of the molecule is O=C(O)C(=O)Nc1cc2ccsc2nc1C(=O)O. The third kappa shape index (κ3) is 2.13. The molecule has 0 aliphatic rings. The summed E-state index contributed by atoms with van der Waals surface area (Å²) in [4.78, 5) is 36.8. The summed E-state index contributed by atoms with van der Waals surface area (Å²) in [5, 5.41) is 21.8. The van der Waals surface area contributed by atoms with Gasteiger partial charge in [-0.15, -0.1) is 11.3 Å². The van der Waals surface area contributed by atoms with E-state index in [9.17, 15) is 14.4 Å². The maximum absolute atomic E-state index is 11.0. The zero-order chi connectivity index (χ0) is 13.3. The molecule has 2 heterocycles. The van der Waals surface area contributed by atoms with Crippen LogP contribution in [-0.2, 0) is 9.59 Å². The smallest absolute Gasteiger partial charge is 0.394 e. The minimum absolute atomic E-state index is 0.138. The lowest BCUT2D eigenvalue weighted by Crippen LogP contribution is -2.23. The van der Waals surface area contributed by atoms with Crippen molar-refractivity contribution in [3.63, 3.8) is 0 Å². The highest BCUT2D eigenvalue weighted by Crippen LogP contribution is 2.24. The number of nitrogens with zero attached hydrogens (tertiary/aromatic N) is 1. The minimum atomic E-state index is -1.70. The van der Waals surface area contributed by atoms with Crippen LogP contribution in [0.4, 0.5) is 5.69 Å². The third-order valence-corrected chi connectivity index (χ3v) is 2.91. The zero-order valence-electron chi connectivity index (χ0n) is 8.71. The number of carboxylic acids is 2. The summed E-state index contributed by atoms with van der Waals surface area (Å²) in [5.41, 5.74) is -0.527. The van der Waals surface area contributed by atoms with E-state index in [1.165, 1.54) is 17.4 Å². The van der Waals surface area contributed by atoms with Crippen LogP contribution in [0.3, 0.4) is 0 Å². The fraction of sp³-hybridized carbons (Fsp3) is 0. The first-order valence-electron chi connectivity index (χ1n) is 4.65. The van der Waals surface area contributed by atoms with Gasteiger partial charge in [-0.05, 0) is 17.5 Å². The second-order valence-corrected chi connectivity index (χ2v) is 4.16. The van der Waals surface area contributed by atoms with Crippen LogP contribution in [0.1, 0.15) is 10.5 Å². The van der Waals surface area contributed by atoms with Crippen LogP contribution < -0.4 is 5.32 Å². The molecule has 0 unspecified atom stereocenters. The predicted molar refractivity (Wildman–Crippen MR) is 62.8 cm³/mol. The Hall–Kier alpha value is -2.48. The number of anilines is 1. The quantitative estimate of drug-likeness (QED) is 0.698. The number of thiophene rings is 1. The summed E-state index contributed by atoms with van der Waals surface area (Å²) in [6, 6.07) is 3.07. The Morgan fingerprint density at radius 2 is 2.00 bits per heavy atom. The first-order valence-corrected chi connectivity index (χ1v) is 5.53. The van der Waals surface area contributed by atoms with Crippen molar-refractivity contribution in [1.82, 2.24) is 4.98 Å². The van der Waals surface area contributed by atoms with Crippen LogP contribution in [0.2, 0.25) is 0 Å². The molecule has 3 N–H and O–H groups in total. The van der Waals surface area contributed by atoms with Gasteiger partial charge in [-0.25, -0.2) is 14.6 Å². The van der Waals surface area contributed by atoms with Crippen LogP contribution in [-0.4, -0.2) is 33.0 Å². The number of pyridine rings is 1. The monoisotopic (exact) mass is 266 g/mol. The third-order valence-electron chi connectivity index (χ3n) is 2.09. The van der Waals surface area contributed by atoms with Crippen molar-refractivity contribution in [2.24, 2.45) is 0 Å². The number of hydrogen-bond donors (Lipinski definition) is 3. The summed E-state index contributed by atoms with van der Waals surface area (Å²) in [7, 11) is 0. The van der Waals surface area contributed by atoms with Crippen molar-refractivity contribution in [1.29, 1.82) is 0 Å². The number of carboxylic acid groups (broad SMARTS) is 2. The summed E-state index contributed by atoms with van der Waals surface area (Å²) < 4.78 is 0. The van der Waals surface area contributed by atoms with E-state index in [1.807, 2.05) is 5.32 Å². The Morgan fingerprint density at radius 3 is 2.61 bits per heavy atom. The Bertz CT molecular complexity index is 663. The highest BCUT2D eigenvalue weighted by atomic mass is 32.1. The summed E-state index contributed by atoms with van der Waals surface area (Å²) in [5.74, 6) is -4.35. The number of aromatic carboxylic acids is 1. The van der Waals surface area contributed by atoms with Gasteiger partial charge in [-0.1, -0.05) is 0 Å². The molecule has 0 aromatic carbocycles. The van der Waals surface area contributed by atoms with E-state index >= 15 is 0 Å². The molecule has 7 nitrogen and oxygen atoms in total. The summed E-state index contributed by atoms with van der Waals surface area (Å²) in [6.45, 7) is 0.